The summed E-state index contributed by atoms with van der Waals surface area (Å²) in [6.45, 7) is 1.38. The van der Waals surface area contributed by atoms with Crippen LogP contribution in [0.5, 0.6) is 0 Å². The predicted molar refractivity (Wildman–Crippen MR) is 97.8 cm³/mol. The van der Waals surface area contributed by atoms with Crippen molar-refractivity contribution >= 4 is 34.9 Å². The third-order valence-electron chi connectivity index (χ3n) is 4.36. The van der Waals surface area contributed by atoms with Crippen molar-refractivity contribution in [3.05, 3.63) is 52.4 Å². The van der Waals surface area contributed by atoms with Crippen molar-refractivity contribution in [2.45, 2.75) is 25.6 Å². The van der Waals surface area contributed by atoms with Gasteiger partial charge in [0, 0.05) is 18.4 Å². The standard InChI is InChI=1S/C18H15ClF4N4O2/c1-9-5-10(18(21,22)23)6-15(24-9)27-14(8-16(28)25-27)17(29)26(2)11-3-4-13(20)12(19)7-11/h3-7,14H,8H2,1-2H3,(H,25,28). The lowest BCUT2D eigenvalue weighted by molar-refractivity contribution is -0.137. The zero-order chi connectivity index (χ0) is 21.5. The van der Waals surface area contributed by atoms with Crippen LogP contribution in [0.25, 0.3) is 0 Å². The fraction of sp³-hybridized carbons (Fsp3) is 0.278. The number of hydrogen-bond acceptors (Lipinski definition) is 4. The largest absolute Gasteiger partial charge is 0.416 e. The molecule has 0 bridgehead atoms. The monoisotopic (exact) mass is 430 g/mol. The summed E-state index contributed by atoms with van der Waals surface area (Å²) < 4.78 is 52.8. The van der Waals surface area contributed by atoms with E-state index in [1.807, 2.05) is 0 Å². The van der Waals surface area contributed by atoms with Crippen LogP contribution in [-0.4, -0.2) is 29.9 Å². The molecule has 1 aliphatic rings. The maximum atomic E-state index is 13.4. The van der Waals surface area contributed by atoms with Gasteiger partial charge in [-0.3, -0.25) is 20.0 Å². The number of aryl methyl sites for hydroxylation is 1. The number of likely N-dealkylation sites (N-methyl/N-ethyl adjacent to an activating group) is 1. The van der Waals surface area contributed by atoms with Gasteiger partial charge in [-0.15, -0.1) is 0 Å². The first-order valence-electron chi connectivity index (χ1n) is 8.34. The fourth-order valence-electron chi connectivity index (χ4n) is 2.92. The second-order valence-electron chi connectivity index (χ2n) is 6.47. The zero-order valence-corrected chi connectivity index (χ0v) is 16.0. The Morgan fingerprint density at radius 2 is 2.00 bits per heavy atom. The highest BCUT2D eigenvalue weighted by Crippen LogP contribution is 2.33. The molecule has 2 aromatic rings. The first kappa shape index (κ1) is 20.8. The number of halogens is 5. The summed E-state index contributed by atoms with van der Waals surface area (Å²) in [5.74, 6) is -2.04. The fourth-order valence-corrected chi connectivity index (χ4v) is 3.10. The first-order valence-corrected chi connectivity index (χ1v) is 8.72. The second-order valence-corrected chi connectivity index (χ2v) is 6.88. The number of alkyl halides is 3. The molecule has 1 atom stereocenters. The molecule has 1 aromatic heterocycles. The van der Waals surface area contributed by atoms with Crippen LogP contribution in [0.1, 0.15) is 17.7 Å². The van der Waals surface area contributed by atoms with E-state index in [0.717, 1.165) is 28.1 Å². The van der Waals surface area contributed by atoms with Gasteiger partial charge in [0.2, 0.25) is 5.91 Å². The van der Waals surface area contributed by atoms with Crippen LogP contribution in [0, 0.1) is 12.7 Å². The van der Waals surface area contributed by atoms with E-state index in [0.29, 0.717) is 0 Å². The molecular weight excluding hydrogens is 416 g/mol. The molecule has 0 aliphatic carbocycles. The molecule has 0 radical (unpaired) electrons. The van der Waals surface area contributed by atoms with Gasteiger partial charge in [0.25, 0.3) is 5.91 Å². The molecule has 1 unspecified atom stereocenters. The van der Waals surface area contributed by atoms with Crippen molar-refractivity contribution < 1.29 is 27.2 Å². The molecule has 1 fully saturated rings. The highest BCUT2D eigenvalue weighted by Gasteiger charge is 2.40. The maximum absolute atomic E-state index is 13.4. The van der Waals surface area contributed by atoms with Gasteiger partial charge in [-0.05, 0) is 37.3 Å². The molecule has 1 N–H and O–H groups in total. The SMILES string of the molecule is Cc1cc(C(F)(F)F)cc(N2NC(=O)CC2C(=O)N(C)c2ccc(F)c(Cl)c2)n1. The molecule has 1 aliphatic heterocycles. The van der Waals surface area contributed by atoms with E-state index in [4.69, 9.17) is 11.6 Å². The molecule has 0 saturated carbocycles. The van der Waals surface area contributed by atoms with E-state index in [-0.39, 0.29) is 28.6 Å². The van der Waals surface area contributed by atoms with Gasteiger partial charge in [0.1, 0.15) is 17.7 Å². The second kappa shape index (κ2) is 7.51. The molecule has 29 heavy (non-hydrogen) atoms. The van der Waals surface area contributed by atoms with E-state index >= 15 is 0 Å². The summed E-state index contributed by atoms with van der Waals surface area (Å²) >= 11 is 5.74. The molecule has 6 nitrogen and oxygen atoms in total. The Kier molecular flexibility index (Phi) is 5.40. The number of benzene rings is 1. The lowest BCUT2D eigenvalue weighted by Crippen LogP contribution is -2.48. The van der Waals surface area contributed by atoms with Crippen molar-refractivity contribution in [2.75, 3.05) is 17.0 Å². The number of carbonyl (C=O) groups is 2. The summed E-state index contributed by atoms with van der Waals surface area (Å²) in [6.07, 6.45) is -4.90. The number of pyridine rings is 1. The van der Waals surface area contributed by atoms with E-state index < -0.39 is 35.4 Å². The predicted octanol–water partition coefficient (Wildman–Crippen LogP) is 3.47. The van der Waals surface area contributed by atoms with Crippen LogP contribution in [0.3, 0.4) is 0 Å². The molecule has 3 rings (SSSR count). The quantitative estimate of drug-likeness (QED) is 0.757. The van der Waals surface area contributed by atoms with Gasteiger partial charge in [0.05, 0.1) is 17.0 Å². The van der Waals surface area contributed by atoms with Gasteiger partial charge in [0.15, 0.2) is 0 Å². The third-order valence-corrected chi connectivity index (χ3v) is 4.65. The molecule has 0 spiro atoms. The molecule has 1 saturated heterocycles. The third kappa shape index (κ3) is 4.26. The van der Waals surface area contributed by atoms with E-state index in [1.54, 1.807) is 0 Å². The van der Waals surface area contributed by atoms with E-state index in [9.17, 15) is 27.2 Å². The smallest absolute Gasteiger partial charge is 0.314 e. The molecule has 11 heteroatoms. The lowest BCUT2D eigenvalue weighted by Gasteiger charge is -2.28. The highest BCUT2D eigenvalue weighted by atomic mass is 35.5. The minimum absolute atomic E-state index is 0.0702. The number of aromatic nitrogens is 1. The first-order chi connectivity index (χ1) is 13.5. The Hall–Kier alpha value is -2.88. The number of hydrazine groups is 1. The van der Waals surface area contributed by atoms with Crippen molar-refractivity contribution in [1.29, 1.82) is 0 Å². The van der Waals surface area contributed by atoms with Crippen LogP contribution in [0.2, 0.25) is 5.02 Å². The number of amides is 2. The van der Waals surface area contributed by atoms with Gasteiger partial charge >= 0.3 is 6.18 Å². The normalized spacial score (nSPS) is 16.7. The summed E-state index contributed by atoms with van der Waals surface area (Å²) in [4.78, 5) is 30.0. The Morgan fingerprint density at radius 1 is 1.31 bits per heavy atom. The van der Waals surface area contributed by atoms with Crippen LogP contribution >= 0.6 is 11.6 Å². The molecule has 2 amide bonds. The molecular formula is C18H15ClF4N4O2. The number of rotatable bonds is 3. The Labute approximate surface area is 168 Å². The van der Waals surface area contributed by atoms with Crippen molar-refractivity contribution in [1.82, 2.24) is 10.4 Å². The van der Waals surface area contributed by atoms with E-state index in [2.05, 4.69) is 10.4 Å². The van der Waals surface area contributed by atoms with Crippen molar-refractivity contribution in [2.24, 2.45) is 0 Å². The van der Waals surface area contributed by atoms with Crippen LogP contribution in [0.15, 0.2) is 30.3 Å². The van der Waals surface area contributed by atoms with Crippen LogP contribution < -0.4 is 15.3 Å². The summed E-state index contributed by atoms with van der Waals surface area (Å²) in [7, 11) is 1.39. The molecule has 154 valence electrons. The lowest BCUT2D eigenvalue weighted by atomic mass is 10.1. The summed E-state index contributed by atoms with van der Waals surface area (Å²) in [6, 6.07) is 4.11. The number of nitrogens with zero attached hydrogens (tertiary/aromatic N) is 3. The Balaban J connectivity index is 1.94. The van der Waals surface area contributed by atoms with Crippen LogP contribution in [0.4, 0.5) is 29.1 Å². The molecule has 1 aromatic carbocycles. The van der Waals surface area contributed by atoms with Crippen molar-refractivity contribution in [3.8, 4) is 0 Å². The number of anilines is 2. The van der Waals surface area contributed by atoms with Crippen molar-refractivity contribution in [3.63, 3.8) is 0 Å². The Bertz CT molecular complexity index is 983. The summed E-state index contributed by atoms with van der Waals surface area (Å²) in [5, 5.41) is 0.809. The average Bonchev–Trinajstić information content (AvgIpc) is 3.03. The minimum atomic E-state index is -4.62. The average molecular weight is 431 g/mol. The van der Waals surface area contributed by atoms with Gasteiger partial charge in [-0.2, -0.15) is 13.2 Å². The molecule has 2 heterocycles. The topological polar surface area (TPSA) is 65.5 Å². The van der Waals surface area contributed by atoms with Gasteiger partial charge in [-0.25, -0.2) is 9.37 Å². The summed E-state index contributed by atoms with van der Waals surface area (Å²) in [5.41, 5.74) is 1.74. The maximum Gasteiger partial charge on any atom is 0.416 e. The minimum Gasteiger partial charge on any atom is -0.314 e. The van der Waals surface area contributed by atoms with E-state index in [1.165, 1.54) is 26.1 Å². The number of hydrogen-bond donors (Lipinski definition) is 1. The van der Waals surface area contributed by atoms with Crippen LogP contribution in [-0.2, 0) is 15.8 Å². The number of carbonyl (C=O) groups excluding carboxylic acids is 2. The van der Waals surface area contributed by atoms with Gasteiger partial charge in [-0.1, -0.05) is 11.6 Å². The van der Waals surface area contributed by atoms with Gasteiger partial charge < -0.3 is 4.90 Å². The Morgan fingerprint density at radius 3 is 2.62 bits per heavy atom. The zero-order valence-electron chi connectivity index (χ0n) is 15.2. The highest BCUT2D eigenvalue weighted by molar-refractivity contribution is 6.31. The number of nitrogens with one attached hydrogen (secondary N) is 1.